The number of nitrogens with zero attached hydrogens (tertiary/aromatic N) is 1. The number of rotatable bonds is 5. The number of hydrogen-bond acceptors (Lipinski definition) is 4. The molecule has 0 aliphatic rings. The highest BCUT2D eigenvalue weighted by Crippen LogP contribution is 2.12. The van der Waals surface area contributed by atoms with Crippen LogP contribution in [-0.4, -0.2) is 17.1 Å². The number of anilines is 1. The van der Waals surface area contributed by atoms with E-state index in [0.717, 1.165) is 16.9 Å². The predicted octanol–water partition coefficient (Wildman–Crippen LogP) is 3.57. The maximum absolute atomic E-state index is 11.7. The normalized spacial score (nSPS) is 10.5. The van der Waals surface area contributed by atoms with Crippen molar-refractivity contribution in [1.82, 2.24) is 4.98 Å². The molecule has 2 rings (SSSR count). The maximum Gasteiger partial charge on any atom is 0.338 e. The summed E-state index contributed by atoms with van der Waals surface area (Å²) in [7, 11) is 0. The number of pyridine rings is 1. The lowest BCUT2D eigenvalue weighted by Crippen LogP contribution is -2.11. The van der Waals surface area contributed by atoms with E-state index >= 15 is 0 Å². The number of hydrogen-bond donors (Lipinski definition) is 1. The van der Waals surface area contributed by atoms with Gasteiger partial charge in [0, 0.05) is 24.1 Å². The van der Waals surface area contributed by atoms with Gasteiger partial charge < -0.3 is 10.1 Å². The summed E-state index contributed by atoms with van der Waals surface area (Å²) < 4.78 is 5.15. The van der Waals surface area contributed by atoms with Crippen LogP contribution in [0.2, 0.25) is 0 Å². The summed E-state index contributed by atoms with van der Waals surface area (Å²) in [6.45, 7) is 6.34. The van der Waals surface area contributed by atoms with E-state index in [-0.39, 0.29) is 12.1 Å². The van der Waals surface area contributed by atoms with Crippen LogP contribution in [0.4, 0.5) is 5.69 Å². The van der Waals surface area contributed by atoms with Crippen molar-refractivity contribution in [2.24, 2.45) is 0 Å². The minimum Gasteiger partial charge on any atom is -0.459 e. The summed E-state index contributed by atoms with van der Waals surface area (Å²) in [5.74, 6) is -0.292. The summed E-state index contributed by atoms with van der Waals surface area (Å²) in [5, 5.41) is 3.30. The van der Waals surface area contributed by atoms with Gasteiger partial charge in [-0.25, -0.2) is 4.79 Å². The van der Waals surface area contributed by atoms with E-state index in [0.29, 0.717) is 12.1 Å². The van der Waals surface area contributed by atoms with Gasteiger partial charge in [0.05, 0.1) is 11.7 Å². The molecule has 0 aliphatic heterocycles. The molecule has 0 bridgehead atoms. The Morgan fingerprint density at radius 2 is 1.90 bits per heavy atom. The van der Waals surface area contributed by atoms with Crippen LogP contribution >= 0.6 is 0 Å². The van der Waals surface area contributed by atoms with E-state index in [2.05, 4.69) is 10.3 Å². The lowest BCUT2D eigenvalue weighted by Gasteiger charge is -2.09. The molecule has 0 amide bonds. The van der Waals surface area contributed by atoms with Crippen molar-refractivity contribution in [3.8, 4) is 0 Å². The fourth-order valence-corrected chi connectivity index (χ4v) is 1.81. The highest BCUT2D eigenvalue weighted by Gasteiger charge is 2.08. The van der Waals surface area contributed by atoms with E-state index in [4.69, 9.17) is 4.74 Å². The number of ether oxygens (including phenoxy) is 1. The van der Waals surface area contributed by atoms with Gasteiger partial charge in [0.1, 0.15) is 0 Å². The Bertz CT molecular complexity index is 589. The third kappa shape index (κ3) is 4.60. The monoisotopic (exact) mass is 284 g/mol. The summed E-state index contributed by atoms with van der Waals surface area (Å²) in [6, 6.07) is 11.3. The van der Waals surface area contributed by atoms with Crippen LogP contribution in [0.3, 0.4) is 0 Å². The fourth-order valence-electron chi connectivity index (χ4n) is 1.81. The molecule has 0 saturated carbocycles. The highest BCUT2D eigenvalue weighted by atomic mass is 16.5. The molecule has 1 N–H and O–H groups in total. The molecule has 0 atom stereocenters. The van der Waals surface area contributed by atoms with E-state index in [1.807, 2.05) is 51.2 Å². The predicted molar refractivity (Wildman–Crippen MR) is 83.3 cm³/mol. The van der Waals surface area contributed by atoms with Crippen LogP contribution in [0.1, 0.15) is 35.5 Å². The molecular formula is C17H20N2O2. The second kappa shape index (κ2) is 6.88. The summed E-state index contributed by atoms with van der Waals surface area (Å²) in [5.41, 5.74) is 3.64. The molecule has 0 fully saturated rings. The number of carbonyl (C=O) groups is 1. The Balaban J connectivity index is 1.93. The van der Waals surface area contributed by atoms with E-state index in [1.165, 1.54) is 0 Å². The topological polar surface area (TPSA) is 51.2 Å². The fraction of sp³-hybridized carbons (Fsp3) is 0.294. The number of esters is 1. The van der Waals surface area contributed by atoms with Crippen LogP contribution in [0, 0.1) is 6.92 Å². The third-order valence-electron chi connectivity index (χ3n) is 2.93. The molecule has 4 heteroatoms. The zero-order chi connectivity index (χ0) is 15.2. The SMILES string of the molecule is Cc1ccc(CNc2ccc(C(=O)OC(C)C)cc2)cn1. The van der Waals surface area contributed by atoms with Crippen molar-refractivity contribution in [3.05, 3.63) is 59.4 Å². The molecule has 1 aromatic carbocycles. The van der Waals surface area contributed by atoms with E-state index < -0.39 is 0 Å². The van der Waals surface area contributed by atoms with Gasteiger partial charge in [-0.05, 0) is 56.7 Å². The highest BCUT2D eigenvalue weighted by molar-refractivity contribution is 5.89. The molecule has 1 aromatic heterocycles. The minimum atomic E-state index is -0.292. The van der Waals surface area contributed by atoms with E-state index in [9.17, 15) is 4.79 Å². The average molecular weight is 284 g/mol. The van der Waals surface area contributed by atoms with Crippen molar-refractivity contribution >= 4 is 11.7 Å². The number of benzene rings is 1. The number of aromatic nitrogens is 1. The third-order valence-corrected chi connectivity index (χ3v) is 2.93. The number of aryl methyl sites for hydroxylation is 1. The summed E-state index contributed by atoms with van der Waals surface area (Å²) in [4.78, 5) is 16.0. The smallest absolute Gasteiger partial charge is 0.338 e. The Morgan fingerprint density at radius 1 is 1.19 bits per heavy atom. The summed E-state index contributed by atoms with van der Waals surface area (Å²) in [6.07, 6.45) is 1.75. The van der Waals surface area contributed by atoms with Gasteiger partial charge >= 0.3 is 5.97 Å². The van der Waals surface area contributed by atoms with Crippen molar-refractivity contribution in [3.63, 3.8) is 0 Å². The quantitative estimate of drug-likeness (QED) is 0.853. The second-order valence-corrected chi connectivity index (χ2v) is 5.19. The maximum atomic E-state index is 11.7. The van der Waals surface area contributed by atoms with Crippen LogP contribution in [-0.2, 0) is 11.3 Å². The lowest BCUT2D eigenvalue weighted by molar-refractivity contribution is 0.0378. The molecule has 1 heterocycles. The van der Waals surface area contributed by atoms with Gasteiger partial charge in [-0.15, -0.1) is 0 Å². The molecule has 0 aliphatic carbocycles. The van der Waals surface area contributed by atoms with Crippen LogP contribution < -0.4 is 5.32 Å². The molecule has 0 unspecified atom stereocenters. The zero-order valence-electron chi connectivity index (χ0n) is 12.6. The van der Waals surface area contributed by atoms with Crippen molar-refractivity contribution in [2.45, 2.75) is 33.4 Å². The Morgan fingerprint density at radius 3 is 2.48 bits per heavy atom. The Labute approximate surface area is 125 Å². The summed E-state index contributed by atoms with van der Waals surface area (Å²) >= 11 is 0. The van der Waals surface area contributed by atoms with E-state index in [1.54, 1.807) is 12.1 Å². The molecule has 110 valence electrons. The van der Waals surface area contributed by atoms with Gasteiger partial charge in [-0.2, -0.15) is 0 Å². The first-order chi connectivity index (χ1) is 10.0. The van der Waals surface area contributed by atoms with Gasteiger partial charge in [-0.3, -0.25) is 4.98 Å². The average Bonchev–Trinajstić information content (AvgIpc) is 2.46. The van der Waals surface area contributed by atoms with Gasteiger partial charge in [0.25, 0.3) is 0 Å². The molecule has 21 heavy (non-hydrogen) atoms. The van der Waals surface area contributed by atoms with Crippen LogP contribution in [0.25, 0.3) is 0 Å². The zero-order valence-corrected chi connectivity index (χ0v) is 12.6. The molecular weight excluding hydrogens is 264 g/mol. The standard InChI is InChI=1S/C17H20N2O2/c1-12(2)21-17(20)15-6-8-16(9-7-15)19-11-14-5-4-13(3)18-10-14/h4-10,12,19H,11H2,1-3H3. The first-order valence-corrected chi connectivity index (χ1v) is 7.01. The van der Waals surface area contributed by atoms with Crippen LogP contribution in [0.15, 0.2) is 42.6 Å². The van der Waals surface area contributed by atoms with Crippen molar-refractivity contribution in [1.29, 1.82) is 0 Å². The first-order valence-electron chi connectivity index (χ1n) is 7.01. The molecule has 0 radical (unpaired) electrons. The number of carbonyl (C=O) groups excluding carboxylic acids is 1. The molecule has 0 saturated heterocycles. The largest absolute Gasteiger partial charge is 0.459 e. The molecule has 4 nitrogen and oxygen atoms in total. The van der Waals surface area contributed by atoms with Gasteiger partial charge in [0.2, 0.25) is 0 Å². The van der Waals surface area contributed by atoms with Crippen molar-refractivity contribution < 1.29 is 9.53 Å². The Hall–Kier alpha value is -2.36. The Kier molecular flexibility index (Phi) is 4.93. The number of nitrogens with one attached hydrogen (secondary N) is 1. The first kappa shape index (κ1) is 15.0. The lowest BCUT2D eigenvalue weighted by atomic mass is 10.2. The van der Waals surface area contributed by atoms with Gasteiger partial charge in [-0.1, -0.05) is 6.07 Å². The van der Waals surface area contributed by atoms with Gasteiger partial charge in [0.15, 0.2) is 0 Å². The molecule has 0 spiro atoms. The minimum absolute atomic E-state index is 0.107. The van der Waals surface area contributed by atoms with Crippen molar-refractivity contribution in [2.75, 3.05) is 5.32 Å². The van der Waals surface area contributed by atoms with Crippen LogP contribution in [0.5, 0.6) is 0 Å². The second-order valence-electron chi connectivity index (χ2n) is 5.19. The molecule has 2 aromatic rings.